The van der Waals surface area contributed by atoms with Gasteiger partial charge in [-0.15, -0.1) is 0 Å². The molecule has 8 aromatic rings. The predicted molar refractivity (Wildman–Crippen MR) is 194 cm³/mol. The van der Waals surface area contributed by atoms with Crippen molar-refractivity contribution in [2.75, 3.05) is 0 Å². The van der Waals surface area contributed by atoms with Gasteiger partial charge in [0.2, 0.25) is 11.4 Å². The van der Waals surface area contributed by atoms with Crippen molar-refractivity contribution in [3.8, 4) is 45.8 Å². The molecule has 8 heteroatoms. The molecule has 8 nitrogen and oxygen atoms in total. The van der Waals surface area contributed by atoms with E-state index in [1.807, 2.05) is 107 Å². The molecule has 0 fully saturated rings. The van der Waals surface area contributed by atoms with E-state index >= 15 is 0 Å². The number of hydrogen-bond donors (Lipinski definition) is 0. The minimum absolute atomic E-state index is 0.574. The lowest BCUT2D eigenvalue weighted by atomic mass is 10.1. The summed E-state index contributed by atoms with van der Waals surface area (Å²) in [5, 5.41) is 19.0. The van der Waals surface area contributed by atoms with Crippen molar-refractivity contribution < 1.29 is 18.3 Å². The first-order valence-electron chi connectivity index (χ1n) is 16.9. The van der Waals surface area contributed by atoms with Crippen LogP contribution in [0.5, 0.6) is 0 Å². The summed E-state index contributed by atoms with van der Waals surface area (Å²) in [5.41, 5.74) is 10.9. The highest BCUT2D eigenvalue weighted by molar-refractivity contribution is 5.74. The molecule has 0 radical (unpaired) electrons. The molecule has 0 saturated heterocycles. The zero-order chi connectivity index (χ0) is 35.3. The first-order chi connectivity index (χ1) is 25.6. The molecule has 0 amide bonds. The second-order valence-electron chi connectivity index (χ2n) is 12.4. The Morgan fingerprint density at radius 3 is 1.10 bits per heavy atom. The van der Waals surface area contributed by atoms with Gasteiger partial charge in [-0.05, 0) is 46.5 Å². The van der Waals surface area contributed by atoms with Gasteiger partial charge >= 0.3 is 0 Å². The van der Waals surface area contributed by atoms with E-state index in [-0.39, 0.29) is 0 Å². The minimum atomic E-state index is 0.574. The quantitative estimate of drug-likeness (QED) is 0.187. The molecule has 0 aliphatic rings. The van der Waals surface area contributed by atoms with Crippen LogP contribution >= 0.6 is 0 Å². The summed E-state index contributed by atoms with van der Waals surface area (Å²) in [6.07, 6.45) is 16.2. The second-order valence-corrected chi connectivity index (χ2v) is 12.4. The largest absolute Gasteiger partial charge is 0.242 e. The zero-order valence-electron chi connectivity index (χ0n) is 28.2. The van der Waals surface area contributed by atoms with Gasteiger partial charge in [-0.25, -0.2) is 9.97 Å². The van der Waals surface area contributed by atoms with Crippen LogP contribution in [0.3, 0.4) is 0 Å². The maximum atomic E-state index is 9.50. The number of rotatable bonds is 8. The minimum Gasteiger partial charge on any atom is -0.242 e. The van der Waals surface area contributed by atoms with E-state index in [1.165, 1.54) is 0 Å². The van der Waals surface area contributed by atoms with Crippen LogP contribution in [0.15, 0.2) is 171 Å². The van der Waals surface area contributed by atoms with Gasteiger partial charge in [0.1, 0.15) is 34.7 Å². The maximum absolute atomic E-state index is 9.50. The van der Waals surface area contributed by atoms with Crippen LogP contribution in [0.25, 0.3) is 44.7 Å². The predicted octanol–water partition coefficient (Wildman–Crippen LogP) is 5.93. The summed E-state index contributed by atoms with van der Waals surface area (Å²) in [4.78, 5) is 10.1. The van der Waals surface area contributed by atoms with Gasteiger partial charge in [-0.1, -0.05) is 36.4 Å². The standard InChI is InChI=1S/C44H32N8/c45-29-37-7-1-5-11-43(37)51-25-17-35(18-26-51)33-13-21-49(22-14-33)31-41-42(48-40-10-4-3-9-39(40)47-41)32-50-23-15-34(16-24-50)36-19-27-52(28-20-36)44-12-6-2-8-38(44)30-46/h1-28H,31-32H2/q+4. The molecule has 5 heterocycles. The summed E-state index contributed by atoms with van der Waals surface area (Å²) in [5.74, 6) is 0. The van der Waals surface area contributed by atoms with Crippen LogP contribution in [0.4, 0.5) is 0 Å². The monoisotopic (exact) mass is 672 g/mol. The molecule has 0 aliphatic heterocycles. The molecule has 0 N–H and O–H groups in total. The Bertz CT molecular complexity index is 2430. The SMILES string of the molecule is N#Cc1ccccc1-[n+]1ccc(-c2cc[n+](Cc3nc4ccccc4nc3C[n+]3ccc(-c4cc[n+](-c5ccccc5C#N)cc4)cc3)cc2)cc1. The number of aromatic nitrogens is 6. The van der Waals surface area contributed by atoms with E-state index in [0.29, 0.717) is 24.2 Å². The number of nitrogens with zero attached hydrogens (tertiary/aromatic N) is 8. The third-order valence-corrected chi connectivity index (χ3v) is 9.10. The highest BCUT2D eigenvalue weighted by atomic mass is 15.0. The third kappa shape index (κ3) is 6.60. The lowest BCUT2D eigenvalue weighted by Crippen LogP contribution is -2.38. The molecule has 5 aromatic heterocycles. The molecule has 0 aliphatic carbocycles. The van der Waals surface area contributed by atoms with Crippen molar-refractivity contribution >= 4 is 11.0 Å². The fraction of sp³-hybridized carbons (Fsp3) is 0.0455. The Kier molecular flexibility index (Phi) is 8.69. The summed E-state index contributed by atoms with van der Waals surface area (Å²) in [6.45, 7) is 1.15. The number of hydrogen-bond acceptors (Lipinski definition) is 4. The van der Waals surface area contributed by atoms with E-state index in [1.54, 1.807) is 0 Å². The number of pyridine rings is 4. The smallest absolute Gasteiger partial charge is 0.228 e. The lowest BCUT2D eigenvalue weighted by molar-refractivity contribution is -0.694. The maximum Gasteiger partial charge on any atom is 0.228 e. The molecule has 0 spiro atoms. The van der Waals surface area contributed by atoms with Crippen LogP contribution < -0.4 is 18.3 Å². The molecule has 3 aromatic carbocycles. The number of nitriles is 2. The van der Waals surface area contributed by atoms with E-state index in [2.05, 4.69) is 94.6 Å². The van der Waals surface area contributed by atoms with E-state index in [0.717, 1.165) is 56.0 Å². The summed E-state index contributed by atoms with van der Waals surface area (Å²) in [6, 6.07) is 44.4. The van der Waals surface area contributed by atoms with Crippen LogP contribution in [-0.4, -0.2) is 9.97 Å². The van der Waals surface area contributed by atoms with Gasteiger partial charge in [-0.2, -0.15) is 28.8 Å². The normalized spacial score (nSPS) is 10.8. The molecule has 52 heavy (non-hydrogen) atoms. The van der Waals surface area contributed by atoms with Gasteiger partial charge in [0.15, 0.2) is 62.7 Å². The van der Waals surface area contributed by atoms with Crippen molar-refractivity contribution in [2.45, 2.75) is 13.1 Å². The summed E-state index contributed by atoms with van der Waals surface area (Å²) < 4.78 is 8.18. The first-order valence-corrected chi connectivity index (χ1v) is 16.9. The lowest BCUT2D eigenvalue weighted by Gasteiger charge is -2.07. The van der Waals surface area contributed by atoms with Crippen molar-refractivity contribution in [2.24, 2.45) is 0 Å². The van der Waals surface area contributed by atoms with Crippen LogP contribution in [0.2, 0.25) is 0 Å². The molecule has 244 valence electrons. The number of fused-ring (bicyclic) bond motifs is 1. The molecule has 0 unspecified atom stereocenters. The fourth-order valence-electron chi connectivity index (χ4n) is 6.33. The van der Waals surface area contributed by atoms with Crippen LogP contribution in [0, 0.1) is 22.7 Å². The Hall–Kier alpha value is -7.42. The molecule has 0 saturated carbocycles. The Morgan fingerprint density at radius 2 is 0.731 bits per heavy atom. The van der Waals surface area contributed by atoms with Gasteiger partial charge in [0.25, 0.3) is 0 Å². The number of benzene rings is 3. The van der Waals surface area contributed by atoms with Gasteiger partial charge < -0.3 is 0 Å². The zero-order valence-corrected chi connectivity index (χ0v) is 28.2. The van der Waals surface area contributed by atoms with E-state index in [9.17, 15) is 10.5 Å². The van der Waals surface area contributed by atoms with Crippen molar-refractivity contribution in [1.29, 1.82) is 10.5 Å². The van der Waals surface area contributed by atoms with Gasteiger partial charge in [0, 0.05) is 60.7 Å². The average Bonchev–Trinajstić information content (AvgIpc) is 3.22. The molecular weight excluding hydrogens is 641 g/mol. The summed E-state index contributed by atoms with van der Waals surface area (Å²) in [7, 11) is 0. The molecular formula is C44H32N8+4. The van der Waals surface area contributed by atoms with Crippen LogP contribution in [0.1, 0.15) is 22.5 Å². The summed E-state index contributed by atoms with van der Waals surface area (Å²) >= 11 is 0. The van der Waals surface area contributed by atoms with Crippen molar-refractivity contribution in [1.82, 2.24) is 9.97 Å². The fourth-order valence-corrected chi connectivity index (χ4v) is 6.33. The third-order valence-electron chi connectivity index (χ3n) is 9.10. The van der Waals surface area contributed by atoms with Crippen molar-refractivity contribution in [3.63, 3.8) is 0 Å². The second kappa shape index (κ2) is 14.2. The van der Waals surface area contributed by atoms with E-state index in [4.69, 9.17) is 9.97 Å². The first kappa shape index (κ1) is 31.8. The molecule has 0 bridgehead atoms. The molecule has 8 rings (SSSR count). The van der Waals surface area contributed by atoms with Gasteiger partial charge in [0.05, 0.1) is 11.0 Å². The Labute approximate surface area is 301 Å². The topological polar surface area (TPSA) is 88.9 Å². The van der Waals surface area contributed by atoms with Crippen molar-refractivity contribution in [3.05, 3.63) is 193 Å². The Balaban J connectivity index is 1.01. The Morgan fingerprint density at radius 1 is 0.404 bits per heavy atom. The number of para-hydroxylation sites is 4. The van der Waals surface area contributed by atoms with E-state index < -0.39 is 0 Å². The highest BCUT2D eigenvalue weighted by Crippen LogP contribution is 2.19. The molecule has 0 atom stereocenters. The van der Waals surface area contributed by atoms with Gasteiger partial charge in [-0.3, -0.25) is 0 Å². The average molecular weight is 673 g/mol. The highest BCUT2D eigenvalue weighted by Gasteiger charge is 2.19. The van der Waals surface area contributed by atoms with Crippen LogP contribution in [-0.2, 0) is 13.1 Å².